The maximum Gasteiger partial charge on any atom is 0.252 e. The van der Waals surface area contributed by atoms with E-state index in [1.54, 1.807) is 12.1 Å². The standard InChI is InChI=1S/C13H20N4O2/c1-3-7-15-12(18)9-17-11-6-5-10(8-16-11)13(19)14-4-2/h5-6,8H,3-4,7,9H2,1-2H3,(H,14,19)(H,15,18)(H,16,17). The molecule has 1 heterocycles. The highest BCUT2D eigenvalue weighted by Crippen LogP contribution is 2.04. The lowest BCUT2D eigenvalue weighted by molar-refractivity contribution is -0.119. The van der Waals surface area contributed by atoms with Gasteiger partial charge in [-0.3, -0.25) is 9.59 Å². The minimum atomic E-state index is -0.151. The highest BCUT2D eigenvalue weighted by molar-refractivity contribution is 5.94. The van der Waals surface area contributed by atoms with E-state index in [9.17, 15) is 9.59 Å². The van der Waals surface area contributed by atoms with Gasteiger partial charge in [-0.15, -0.1) is 0 Å². The number of aromatic nitrogens is 1. The Balaban J connectivity index is 2.44. The highest BCUT2D eigenvalue weighted by Gasteiger charge is 2.05. The Morgan fingerprint density at radius 2 is 2.00 bits per heavy atom. The van der Waals surface area contributed by atoms with Crippen molar-refractivity contribution in [3.63, 3.8) is 0 Å². The summed E-state index contributed by atoms with van der Waals surface area (Å²) in [6.07, 6.45) is 2.39. The van der Waals surface area contributed by atoms with Crippen molar-refractivity contribution >= 4 is 17.6 Å². The second-order valence-electron chi connectivity index (χ2n) is 4.00. The maximum atomic E-state index is 11.5. The average molecular weight is 264 g/mol. The minimum absolute atomic E-state index is 0.0727. The van der Waals surface area contributed by atoms with Crippen molar-refractivity contribution in [2.75, 3.05) is 25.0 Å². The van der Waals surface area contributed by atoms with Gasteiger partial charge in [-0.2, -0.15) is 0 Å². The Kier molecular flexibility index (Phi) is 6.35. The average Bonchev–Trinajstić information content (AvgIpc) is 2.43. The van der Waals surface area contributed by atoms with Crippen LogP contribution in [0.25, 0.3) is 0 Å². The molecule has 0 fully saturated rings. The van der Waals surface area contributed by atoms with Crippen LogP contribution in [0.1, 0.15) is 30.6 Å². The van der Waals surface area contributed by atoms with Crippen molar-refractivity contribution < 1.29 is 9.59 Å². The third-order valence-electron chi connectivity index (χ3n) is 2.37. The second kappa shape index (κ2) is 8.07. The molecule has 1 rings (SSSR count). The number of anilines is 1. The van der Waals surface area contributed by atoms with E-state index >= 15 is 0 Å². The van der Waals surface area contributed by atoms with Gasteiger partial charge in [-0.1, -0.05) is 6.92 Å². The monoisotopic (exact) mass is 264 g/mol. The van der Waals surface area contributed by atoms with Crippen LogP contribution in [0.5, 0.6) is 0 Å². The minimum Gasteiger partial charge on any atom is -0.361 e. The number of amides is 2. The molecule has 0 unspecified atom stereocenters. The molecule has 0 bridgehead atoms. The van der Waals surface area contributed by atoms with Crippen molar-refractivity contribution in [1.29, 1.82) is 0 Å². The third-order valence-corrected chi connectivity index (χ3v) is 2.37. The van der Waals surface area contributed by atoms with Crippen LogP contribution >= 0.6 is 0 Å². The van der Waals surface area contributed by atoms with Crippen molar-refractivity contribution in [3.8, 4) is 0 Å². The summed E-state index contributed by atoms with van der Waals surface area (Å²) in [5, 5.41) is 8.34. The van der Waals surface area contributed by atoms with E-state index in [0.29, 0.717) is 24.5 Å². The number of nitrogens with zero attached hydrogens (tertiary/aromatic N) is 1. The van der Waals surface area contributed by atoms with E-state index in [2.05, 4.69) is 20.9 Å². The molecule has 0 spiro atoms. The molecule has 0 saturated heterocycles. The van der Waals surface area contributed by atoms with Crippen LogP contribution in [-0.2, 0) is 4.79 Å². The van der Waals surface area contributed by atoms with Crippen LogP contribution in [-0.4, -0.2) is 36.4 Å². The molecule has 0 saturated carbocycles. The van der Waals surface area contributed by atoms with Crippen LogP contribution in [0.15, 0.2) is 18.3 Å². The number of rotatable bonds is 7. The lowest BCUT2D eigenvalue weighted by Crippen LogP contribution is -2.30. The summed E-state index contributed by atoms with van der Waals surface area (Å²) in [7, 11) is 0. The maximum absolute atomic E-state index is 11.5. The molecular weight excluding hydrogens is 244 g/mol. The van der Waals surface area contributed by atoms with E-state index in [-0.39, 0.29) is 18.4 Å². The quantitative estimate of drug-likeness (QED) is 0.679. The smallest absolute Gasteiger partial charge is 0.252 e. The Bertz CT molecular complexity index is 417. The number of hydrogen-bond donors (Lipinski definition) is 3. The summed E-state index contributed by atoms with van der Waals surface area (Å²) in [5.74, 6) is 0.346. The first-order valence-corrected chi connectivity index (χ1v) is 6.42. The zero-order chi connectivity index (χ0) is 14.1. The lowest BCUT2D eigenvalue weighted by Gasteiger charge is -2.07. The lowest BCUT2D eigenvalue weighted by atomic mass is 10.2. The molecule has 0 aliphatic carbocycles. The van der Waals surface area contributed by atoms with E-state index in [0.717, 1.165) is 6.42 Å². The molecule has 2 amide bonds. The topological polar surface area (TPSA) is 83.1 Å². The zero-order valence-corrected chi connectivity index (χ0v) is 11.3. The number of pyridine rings is 1. The fourth-order valence-corrected chi connectivity index (χ4v) is 1.39. The number of carbonyl (C=O) groups excluding carboxylic acids is 2. The van der Waals surface area contributed by atoms with Gasteiger partial charge in [0.05, 0.1) is 12.1 Å². The fraction of sp³-hybridized carbons (Fsp3) is 0.462. The summed E-state index contributed by atoms with van der Waals surface area (Å²) in [6, 6.07) is 3.35. The Morgan fingerprint density at radius 3 is 2.58 bits per heavy atom. The Labute approximate surface area is 113 Å². The molecule has 0 radical (unpaired) electrons. The molecule has 3 N–H and O–H groups in total. The largest absolute Gasteiger partial charge is 0.361 e. The summed E-state index contributed by atoms with van der Waals surface area (Å²) in [6.45, 7) is 5.28. The SMILES string of the molecule is CCCNC(=O)CNc1ccc(C(=O)NCC)cn1. The molecular formula is C13H20N4O2. The van der Waals surface area contributed by atoms with Crippen LogP contribution in [0, 0.1) is 0 Å². The van der Waals surface area contributed by atoms with Gasteiger partial charge in [-0.25, -0.2) is 4.98 Å². The molecule has 6 nitrogen and oxygen atoms in total. The van der Waals surface area contributed by atoms with Gasteiger partial charge in [0.25, 0.3) is 5.91 Å². The second-order valence-corrected chi connectivity index (χ2v) is 4.00. The molecule has 0 aromatic carbocycles. The molecule has 1 aromatic heterocycles. The Hall–Kier alpha value is -2.11. The van der Waals surface area contributed by atoms with Gasteiger partial charge in [-0.05, 0) is 25.5 Å². The zero-order valence-electron chi connectivity index (χ0n) is 11.3. The van der Waals surface area contributed by atoms with Crippen LogP contribution in [0.4, 0.5) is 5.82 Å². The number of carbonyl (C=O) groups is 2. The number of nitrogens with one attached hydrogen (secondary N) is 3. The Morgan fingerprint density at radius 1 is 1.21 bits per heavy atom. The van der Waals surface area contributed by atoms with Crippen molar-refractivity contribution in [2.24, 2.45) is 0 Å². The van der Waals surface area contributed by atoms with Crippen LogP contribution in [0.2, 0.25) is 0 Å². The molecule has 1 aromatic rings. The van der Waals surface area contributed by atoms with Gasteiger partial charge in [0.2, 0.25) is 5.91 Å². The van der Waals surface area contributed by atoms with Gasteiger partial charge < -0.3 is 16.0 Å². The summed E-state index contributed by atoms with van der Waals surface area (Å²) in [5.41, 5.74) is 0.503. The molecule has 0 atom stereocenters. The third kappa shape index (κ3) is 5.37. The van der Waals surface area contributed by atoms with E-state index in [1.165, 1.54) is 6.20 Å². The highest BCUT2D eigenvalue weighted by atomic mass is 16.2. The van der Waals surface area contributed by atoms with E-state index < -0.39 is 0 Å². The summed E-state index contributed by atoms with van der Waals surface area (Å²) in [4.78, 5) is 27.0. The first-order valence-electron chi connectivity index (χ1n) is 6.42. The van der Waals surface area contributed by atoms with Gasteiger partial charge in [0.1, 0.15) is 5.82 Å². The van der Waals surface area contributed by atoms with Gasteiger partial charge in [0.15, 0.2) is 0 Å². The van der Waals surface area contributed by atoms with Crippen LogP contribution in [0.3, 0.4) is 0 Å². The first-order chi connectivity index (χ1) is 9.17. The van der Waals surface area contributed by atoms with Gasteiger partial charge in [0, 0.05) is 19.3 Å². The normalized spacial score (nSPS) is 9.79. The predicted octanol–water partition coefficient (Wildman–Crippen LogP) is 0.769. The number of hydrogen-bond acceptors (Lipinski definition) is 4. The van der Waals surface area contributed by atoms with Crippen molar-refractivity contribution in [1.82, 2.24) is 15.6 Å². The predicted molar refractivity (Wildman–Crippen MR) is 74.0 cm³/mol. The summed E-state index contributed by atoms with van der Waals surface area (Å²) < 4.78 is 0. The van der Waals surface area contributed by atoms with Crippen molar-refractivity contribution in [2.45, 2.75) is 20.3 Å². The molecule has 0 aliphatic rings. The summed E-state index contributed by atoms with van der Waals surface area (Å²) >= 11 is 0. The molecule has 0 aliphatic heterocycles. The van der Waals surface area contributed by atoms with Crippen LogP contribution < -0.4 is 16.0 Å². The molecule has 6 heteroatoms. The van der Waals surface area contributed by atoms with Crippen molar-refractivity contribution in [3.05, 3.63) is 23.9 Å². The molecule has 104 valence electrons. The van der Waals surface area contributed by atoms with E-state index in [1.807, 2.05) is 13.8 Å². The fourth-order valence-electron chi connectivity index (χ4n) is 1.39. The van der Waals surface area contributed by atoms with Gasteiger partial charge >= 0.3 is 0 Å². The van der Waals surface area contributed by atoms with E-state index in [4.69, 9.17) is 0 Å². The molecule has 19 heavy (non-hydrogen) atoms. The first kappa shape index (κ1) is 14.9.